The van der Waals surface area contributed by atoms with E-state index in [-0.39, 0.29) is 32.5 Å². The van der Waals surface area contributed by atoms with Crippen molar-refractivity contribution in [3.05, 3.63) is 33.9 Å². The van der Waals surface area contributed by atoms with E-state index in [0.29, 0.717) is 0 Å². The van der Waals surface area contributed by atoms with Crippen molar-refractivity contribution in [1.82, 2.24) is 9.97 Å². The van der Waals surface area contributed by atoms with Crippen molar-refractivity contribution in [2.24, 2.45) is 5.73 Å². The van der Waals surface area contributed by atoms with Crippen molar-refractivity contribution < 1.29 is 18.0 Å². The molecule has 0 saturated carbocycles. The zero-order chi connectivity index (χ0) is 15.9. The molecule has 0 atom stereocenters. The van der Waals surface area contributed by atoms with E-state index in [1.807, 2.05) is 0 Å². The number of carbonyl (C=O) groups excluding carboxylic acids is 1. The first-order chi connectivity index (χ1) is 9.66. The molecule has 0 aliphatic carbocycles. The highest BCUT2D eigenvalue weighted by molar-refractivity contribution is 9.10. The van der Waals surface area contributed by atoms with E-state index in [2.05, 4.69) is 32.5 Å². The number of halogens is 4. The molecule has 2 rings (SSSR count). The van der Waals surface area contributed by atoms with Crippen LogP contribution in [0.4, 0.5) is 19.0 Å². The molecule has 2 aromatic heterocycles. The molecule has 110 valence electrons. The largest absolute Gasteiger partial charge is 0.434 e. The molecule has 21 heavy (non-hydrogen) atoms. The van der Waals surface area contributed by atoms with E-state index in [9.17, 15) is 18.0 Å². The minimum atomic E-state index is -4.68. The van der Waals surface area contributed by atoms with E-state index < -0.39 is 17.8 Å². The topological polar surface area (TPSA) is 94.9 Å². The molecular formula is C12H8BrF3N4O. The molecule has 0 fully saturated rings. The van der Waals surface area contributed by atoms with Crippen molar-refractivity contribution in [2.75, 3.05) is 5.73 Å². The molecule has 0 aliphatic rings. The fourth-order valence-corrected chi connectivity index (χ4v) is 2.48. The van der Waals surface area contributed by atoms with Gasteiger partial charge < -0.3 is 11.5 Å². The third kappa shape index (κ3) is 2.56. The lowest BCUT2D eigenvalue weighted by Crippen LogP contribution is -2.16. The molecule has 0 saturated heterocycles. The van der Waals surface area contributed by atoms with Crippen LogP contribution in [0.25, 0.3) is 17.1 Å². The molecule has 0 spiro atoms. The fraction of sp³-hybridized carbons (Fsp3) is 0.0833. The molecule has 2 heterocycles. The van der Waals surface area contributed by atoms with Crippen molar-refractivity contribution >= 4 is 44.8 Å². The Morgan fingerprint density at radius 2 is 2.00 bits per heavy atom. The van der Waals surface area contributed by atoms with Crippen LogP contribution in [-0.4, -0.2) is 15.9 Å². The summed E-state index contributed by atoms with van der Waals surface area (Å²) in [6.07, 6.45) is -3.48. The number of nitrogen functional groups attached to an aromatic ring is 1. The Kier molecular flexibility index (Phi) is 3.62. The molecule has 9 heteroatoms. The van der Waals surface area contributed by atoms with Crippen LogP contribution in [0.1, 0.15) is 21.6 Å². The van der Waals surface area contributed by atoms with Gasteiger partial charge in [0.15, 0.2) is 11.3 Å². The number of primary amides is 1. The number of fused-ring (bicyclic) bond motifs is 1. The van der Waals surface area contributed by atoms with E-state index in [1.165, 1.54) is 12.1 Å². The highest BCUT2D eigenvalue weighted by Crippen LogP contribution is 2.38. The van der Waals surface area contributed by atoms with Crippen LogP contribution in [0.15, 0.2) is 17.1 Å². The lowest BCUT2D eigenvalue weighted by molar-refractivity contribution is -0.141. The minimum absolute atomic E-state index is 0.0981. The molecule has 0 bridgehead atoms. The Labute approximate surface area is 125 Å². The predicted octanol–water partition coefficient (Wildman–Crippen LogP) is 2.74. The number of amides is 1. The normalized spacial score (nSPS) is 11.6. The van der Waals surface area contributed by atoms with Gasteiger partial charge in [0.25, 0.3) is 5.91 Å². The summed E-state index contributed by atoms with van der Waals surface area (Å²) >= 11 is 2.85. The van der Waals surface area contributed by atoms with Crippen molar-refractivity contribution in [3.63, 3.8) is 0 Å². The summed E-state index contributed by atoms with van der Waals surface area (Å²) in [6, 6.07) is 1.24. The number of alkyl halides is 3. The van der Waals surface area contributed by atoms with Gasteiger partial charge >= 0.3 is 6.18 Å². The Hall–Kier alpha value is -2.16. The maximum absolute atomic E-state index is 12.9. The van der Waals surface area contributed by atoms with E-state index in [4.69, 9.17) is 11.5 Å². The average molecular weight is 361 g/mol. The Balaban J connectivity index is 2.95. The highest BCUT2D eigenvalue weighted by atomic mass is 79.9. The summed E-state index contributed by atoms with van der Waals surface area (Å²) in [4.78, 5) is 18.4. The summed E-state index contributed by atoms with van der Waals surface area (Å²) < 4.78 is 38.5. The molecule has 0 radical (unpaired) electrons. The maximum atomic E-state index is 12.9. The third-order valence-corrected chi connectivity index (χ3v) is 3.52. The number of hydrogen-bond acceptors (Lipinski definition) is 4. The molecular weight excluding hydrogens is 353 g/mol. The first-order valence-electron chi connectivity index (χ1n) is 5.46. The summed E-state index contributed by atoms with van der Waals surface area (Å²) in [7, 11) is 0. The van der Waals surface area contributed by atoms with Crippen LogP contribution in [0.5, 0.6) is 0 Å². The first-order valence-corrected chi connectivity index (χ1v) is 6.25. The number of carbonyl (C=O) groups is 1. The van der Waals surface area contributed by atoms with Gasteiger partial charge in [0.2, 0.25) is 0 Å². The second kappa shape index (κ2) is 4.99. The van der Waals surface area contributed by atoms with E-state index in [0.717, 1.165) is 0 Å². The van der Waals surface area contributed by atoms with Crippen LogP contribution in [0, 0.1) is 0 Å². The van der Waals surface area contributed by atoms with Gasteiger partial charge in [-0.05, 0) is 22.0 Å². The van der Waals surface area contributed by atoms with Gasteiger partial charge in [0.05, 0.1) is 10.0 Å². The quantitative estimate of drug-likeness (QED) is 0.860. The van der Waals surface area contributed by atoms with Crippen LogP contribution in [0.2, 0.25) is 0 Å². The van der Waals surface area contributed by atoms with E-state index >= 15 is 0 Å². The summed E-state index contributed by atoms with van der Waals surface area (Å²) in [5.74, 6) is -1.12. The molecule has 5 nitrogen and oxygen atoms in total. The van der Waals surface area contributed by atoms with Crippen molar-refractivity contribution in [3.8, 4) is 0 Å². The second-order valence-corrected chi connectivity index (χ2v) is 4.84. The second-order valence-electron chi connectivity index (χ2n) is 4.05. The summed E-state index contributed by atoms with van der Waals surface area (Å²) in [5.41, 5.74) is 9.25. The lowest BCUT2D eigenvalue weighted by Gasteiger charge is -2.13. The third-order valence-electron chi connectivity index (χ3n) is 2.72. The SMILES string of the molecule is C=Cc1c(Br)c(C(F)(F)F)nc2nc(N)c(C(N)=O)cc12. The van der Waals surface area contributed by atoms with Gasteiger partial charge in [0, 0.05) is 10.9 Å². The van der Waals surface area contributed by atoms with Gasteiger partial charge in [-0.25, -0.2) is 9.97 Å². The molecule has 0 unspecified atom stereocenters. The monoisotopic (exact) mass is 360 g/mol. The van der Waals surface area contributed by atoms with Gasteiger partial charge in [-0.1, -0.05) is 12.7 Å². The van der Waals surface area contributed by atoms with Gasteiger partial charge in [-0.15, -0.1) is 0 Å². The summed E-state index contributed by atoms with van der Waals surface area (Å²) in [5, 5.41) is 0.188. The average Bonchev–Trinajstić information content (AvgIpc) is 2.36. The zero-order valence-electron chi connectivity index (χ0n) is 10.3. The van der Waals surface area contributed by atoms with Crippen molar-refractivity contribution in [2.45, 2.75) is 6.18 Å². The lowest BCUT2D eigenvalue weighted by atomic mass is 10.1. The predicted molar refractivity (Wildman–Crippen MR) is 75.3 cm³/mol. The van der Waals surface area contributed by atoms with Gasteiger partial charge in [-0.2, -0.15) is 13.2 Å². The first kappa shape index (κ1) is 15.2. The van der Waals surface area contributed by atoms with Crippen LogP contribution < -0.4 is 11.5 Å². The van der Waals surface area contributed by atoms with Crippen molar-refractivity contribution in [1.29, 1.82) is 0 Å². The summed E-state index contributed by atoms with van der Waals surface area (Å²) in [6.45, 7) is 3.46. The molecule has 0 aliphatic heterocycles. The fourth-order valence-electron chi connectivity index (χ4n) is 1.79. The number of anilines is 1. The molecule has 4 N–H and O–H groups in total. The molecule has 0 aromatic carbocycles. The smallest absolute Gasteiger partial charge is 0.383 e. The number of hydrogen-bond donors (Lipinski definition) is 2. The number of nitrogens with two attached hydrogens (primary N) is 2. The Morgan fingerprint density at radius 1 is 1.38 bits per heavy atom. The minimum Gasteiger partial charge on any atom is -0.383 e. The van der Waals surface area contributed by atoms with Gasteiger partial charge in [-0.3, -0.25) is 4.79 Å². The zero-order valence-corrected chi connectivity index (χ0v) is 11.9. The number of aromatic nitrogens is 2. The number of pyridine rings is 2. The van der Waals surface area contributed by atoms with Crippen LogP contribution >= 0.6 is 15.9 Å². The Morgan fingerprint density at radius 3 is 2.48 bits per heavy atom. The standard InChI is InChI=1S/C12H8BrF3N4O/c1-2-4-5-3-6(10(18)21)9(17)20-11(5)19-8(7(4)13)12(14,15)16/h2-3H,1H2,(H2,18,21)(H2,17,19,20). The molecule has 1 amide bonds. The van der Waals surface area contributed by atoms with E-state index in [1.54, 1.807) is 0 Å². The highest BCUT2D eigenvalue weighted by Gasteiger charge is 2.36. The molecule has 2 aromatic rings. The van der Waals surface area contributed by atoms with Crippen LogP contribution in [-0.2, 0) is 6.18 Å². The maximum Gasteiger partial charge on any atom is 0.434 e. The Bertz CT molecular complexity index is 773. The van der Waals surface area contributed by atoms with Crippen LogP contribution in [0.3, 0.4) is 0 Å². The number of nitrogens with zero attached hydrogens (tertiary/aromatic N) is 2. The van der Waals surface area contributed by atoms with Gasteiger partial charge in [0.1, 0.15) is 5.82 Å². The number of rotatable bonds is 2.